The lowest BCUT2D eigenvalue weighted by atomic mass is 10.1. The Morgan fingerprint density at radius 1 is 1.33 bits per heavy atom. The van der Waals surface area contributed by atoms with E-state index in [2.05, 4.69) is 24.0 Å². The maximum Gasteiger partial charge on any atom is 0.269 e. The number of nitrogens with zero attached hydrogens (tertiary/aromatic N) is 2. The Morgan fingerprint density at radius 3 is 2.86 bits per heavy atom. The first-order chi connectivity index (χ1) is 10.1. The standard InChI is InChI=1S/C16H15ClN2O2/c1-11-8-12-4-2-3-5-16(12)18(11)10-13-9-14(19(20)21)6-7-15(13)17/h2-7,9,11H,8,10H2,1H3. The van der Waals surface area contributed by atoms with Gasteiger partial charge in [-0.15, -0.1) is 0 Å². The Labute approximate surface area is 128 Å². The zero-order valence-corrected chi connectivity index (χ0v) is 12.4. The quantitative estimate of drug-likeness (QED) is 0.630. The molecule has 108 valence electrons. The molecule has 0 spiro atoms. The van der Waals surface area contributed by atoms with Crippen LogP contribution in [-0.4, -0.2) is 11.0 Å². The highest BCUT2D eigenvalue weighted by molar-refractivity contribution is 6.31. The molecule has 4 nitrogen and oxygen atoms in total. The molecule has 2 aromatic carbocycles. The molecule has 1 unspecified atom stereocenters. The molecule has 1 atom stereocenters. The van der Waals surface area contributed by atoms with Crippen LogP contribution >= 0.6 is 11.6 Å². The summed E-state index contributed by atoms with van der Waals surface area (Å²) in [6.45, 7) is 2.74. The van der Waals surface area contributed by atoms with Crippen molar-refractivity contribution in [1.82, 2.24) is 0 Å². The van der Waals surface area contributed by atoms with Crippen molar-refractivity contribution in [2.45, 2.75) is 25.9 Å². The van der Waals surface area contributed by atoms with Crippen molar-refractivity contribution in [3.05, 3.63) is 68.7 Å². The Balaban J connectivity index is 1.94. The maximum absolute atomic E-state index is 10.9. The molecule has 1 aliphatic rings. The van der Waals surface area contributed by atoms with Gasteiger partial charge in [0.15, 0.2) is 0 Å². The number of nitro benzene ring substituents is 1. The van der Waals surface area contributed by atoms with Crippen molar-refractivity contribution in [1.29, 1.82) is 0 Å². The highest BCUT2D eigenvalue weighted by atomic mass is 35.5. The van der Waals surface area contributed by atoms with Crippen molar-refractivity contribution in [3.63, 3.8) is 0 Å². The minimum absolute atomic E-state index is 0.0783. The summed E-state index contributed by atoms with van der Waals surface area (Å²) < 4.78 is 0. The first-order valence-electron chi connectivity index (χ1n) is 6.83. The number of hydrogen-bond acceptors (Lipinski definition) is 3. The molecule has 0 saturated heterocycles. The second-order valence-corrected chi connectivity index (χ2v) is 5.75. The second-order valence-electron chi connectivity index (χ2n) is 5.34. The van der Waals surface area contributed by atoms with E-state index in [4.69, 9.17) is 11.6 Å². The second kappa shape index (κ2) is 5.37. The third-order valence-corrected chi connectivity index (χ3v) is 4.30. The van der Waals surface area contributed by atoms with Gasteiger partial charge < -0.3 is 4.90 Å². The number of benzene rings is 2. The summed E-state index contributed by atoms with van der Waals surface area (Å²) >= 11 is 6.20. The molecule has 1 aliphatic heterocycles. The molecule has 5 heteroatoms. The minimum Gasteiger partial charge on any atom is -0.364 e. The Bertz CT molecular complexity index is 702. The van der Waals surface area contributed by atoms with E-state index in [1.54, 1.807) is 12.1 Å². The van der Waals surface area contributed by atoms with Crippen molar-refractivity contribution in [2.24, 2.45) is 0 Å². The van der Waals surface area contributed by atoms with Crippen LogP contribution in [0.2, 0.25) is 5.02 Å². The monoisotopic (exact) mass is 302 g/mol. The van der Waals surface area contributed by atoms with E-state index in [1.165, 1.54) is 17.3 Å². The SMILES string of the molecule is CC1Cc2ccccc2N1Cc1cc([N+](=O)[O-])ccc1Cl. The zero-order chi connectivity index (χ0) is 15.0. The van der Waals surface area contributed by atoms with Gasteiger partial charge in [-0.3, -0.25) is 10.1 Å². The summed E-state index contributed by atoms with van der Waals surface area (Å²) in [5.41, 5.74) is 3.36. The summed E-state index contributed by atoms with van der Waals surface area (Å²) in [6, 6.07) is 13.2. The van der Waals surface area contributed by atoms with Crippen LogP contribution in [0.5, 0.6) is 0 Å². The number of halogens is 1. The predicted molar refractivity (Wildman–Crippen MR) is 83.9 cm³/mol. The van der Waals surface area contributed by atoms with E-state index in [-0.39, 0.29) is 10.6 Å². The topological polar surface area (TPSA) is 46.4 Å². The van der Waals surface area contributed by atoms with E-state index < -0.39 is 0 Å². The van der Waals surface area contributed by atoms with Gasteiger partial charge in [0.2, 0.25) is 0 Å². The zero-order valence-electron chi connectivity index (χ0n) is 11.6. The normalized spacial score (nSPS) is 16.9. The molecule has 2 aromatic rings. The van der Waals surface area contributed by atoms with Gasteiger partial charge >= 0.3 is 0 Å². The minimum atomic E-state index is -0.388. The maximum atomic E-state index is 10.9. The van der Waals surface area contributed by atoms with Crippen molar-refractivity contribution >= 4 is 23.0 Å². The molecule has 0 saturated carbocycles. The molecule has 0 aromatic heterocycles. The van der Waals surface area contributed by atoms with Gasteiger partial charge in [0.1, 0.15) is 0 Å². The van der Waals surface area contributed by atoms with Gasteiger partial charge in [0, 0.05) is 35.4 Å². The van der Waals surface area contributed by atoms with Crippen LogP contribution < -0.4 is 4.90 Å². The Morgan fingerprint density at radius 2 is 2.10 bits per heavy atom. The Hall–Kier alpha value is -2.07. The molecule has 21 heavy (non-hydrogen) atoms. The largest absolute Gasteiger partial charge is 0.364 e. The first-order valence-corrected chi connectivity index (χ1v) is 7.21. The van der Waals surface area contributed by atoms with Crippen LogP contribution in [0, 0.1) is 10.1 Å². The van der Waals surface area contributed by atoms with E-state index in [0.717, 1.165) is 12.0 Å². The molecule has 0 amide bonds. The van der Waals surface area contributed by atoms with E-state index in [0.29, 0.717) is 17.6 Å². The lowest BCUT2D eigenvalue weighted by molar-refractivity contribution is -0.384. The number of hydrogen-bond donors (Lipinski definition) is 0. The third-order valence-electron chi connectivity index (χ3n) is 3.93. The van der Waals surface area contributed by atoms with Gasteiger partial charge in [0.05, 0.1) is 4.92 Å². The van der Waals surface area contributed by atoms with Gasteiger partial charge in [-0.2, -0.15) is 0 Å². The number of nitro groups is 1. The van der Waals surface area contributed by atoms with Crippen molar-refractivity contribution < 1.29 is 4.92 Å². The fourth-order valence-corrected chi connectivity index (χ4v) is 3.03. The number of non-ortho nitro benzene ring substituents is 1. The smallest absolute Gasteiger partial charge is 0.269 e. The molecular formula is C16H15ClN2O2. The van der Waals surface area contributed by atoms with Gasteiger partial charge in [-0.1, -0.05) is 29.8 Å². The van der Waals surface area contributed by atoms with Gasteiger partial charge in [-0.25, -0.2) is 0 Å². The highest BCUT2D eigenvalue weighted by Crippen LogP contribution is 2.34. The lowest BCUT2D eigenvalue weighted by Gasteiger charge is -2.25. The predicted octanol–water partition coefficient (Wildman–Crippen LogP) is 4.20. The van der Waals surface area contributed by atoms with Crippen LogP contribution in [0.15, 0.2) is 42.5 Å². The number of anilines is 1. The lowest BCUT2D eigenvalue weighted by Crippen LogP contribution is -2.28. The van der Waals surface area contributed by atoms with E-state index >= 15 is 0 Å². The first kappa shape index (κ1) is 13.9. The number of para-hydroxylation sites is 1. The number of fused-ring (bicyclic) bond motifs is 1. The molecule has 0 radical (unpaired) electrons. The average molecular weight is 303 g/mol. The summed E-state index contributed by atoms with van der Waals surface area (Å²) in [7, 11) is 0. The molecule has 0 N–H and O–H groups in total. The Kier molecular flexibility index (Phi) is 3.55. The van der Waals surface area contributed by atoms with Crippen molar-refractivity contribution in [3.8, 4) is 0 Å². The van der Waals surface area contributed by atoms with Crippen LogP contribution in [0.3, 0.4) is 0 Å². The summed E-state index contributed by atoms with van der Waals surface area (Å²) in [5, 5.41) is 11.5. The molecule has 0 fully saturated rings. The molecular weight excluding hydrogens is 288 g/mol. The van der Waals surface area contributed by atoms with Gasteiger partial charge in [-0.05, 0) is 36.6 Å². The van der Waals surface area contributed by atoms with Crippen LogP contribution in [-0.2, 0) is 13.0 Å². The summed E-state index contributed by atoms with van der Waals surface area (Å²) in [5.74, 6) is 0. The molecule has 0 aliphatic carbocycles. The van der Waals surface area contributed by atoms with Crippen LogP contribution in [0.4, 0.5) is 11.4 Å². The van der Waals surface area contributed by atoms with E-state index in [9.17, 15) is 10.1 Å². The van der Waals surface area contributed by atoms with Gasteiger partial charge in [0.25, 0.3) is 5.69 Å². The number of rotatable bonds is 3. The van der Waals surface area contributed by atoms with Crippen LogP contribution in [0.25, 0.3) is 0 Å². The summed E-state index contributed by atoms with van der Waals surface area (Å²) in [6.07, 6.45) is 0.989. The summed E-state index contributed by atoms with van der Waals surface area (Å²) in [4.78, 5) is 12.8. The van der Waals surface area contributed by atoms with Crippen molar-refractivity contribution in [2.75, 3.05) is 4.90 Å². The fourth-order valence-electron chi connectivity index (χ4n) is 2.85. The highest BCUT2D eigenvalue weighted by Gasteiger charge is 2.26. The molecule has 0 bridgehead atoms. The van der Waals surface area contributed by atoms with Crippen LogP contribution in [0.1, 0.15) is 18.1 Å². The average Bonchev–Trinajstić information content (AvgIpc) is 2.77. The molecule has 3 rings (SSSR count). The third kappa shape index (κ3) is 2.59. The van der Waals surface area contributed by atoms with E-state index in [1.807, 2.05) is 12.1 Å². The fraction of sp³-hybridized carbons (Fsp3) is 0.250. The molecule has 1 heterocycles.